The number of carbonyl (C=O) groups excluding carboxylic acids is 1. The van der Waals surface area contributed by atoms with Gasteiger partial charge in [-0.2, -0.15) is 0 Å². The number of hydrogen-bond acceptors (Lipinski definition) is 1. The Hall–Kier alpha value is -1.57. The Morgan fingerprint density at radius 3 is 2.67 bits per heavy atom. The van der Waals surface area contributed by atoms with Crippen LogP contribution in [-0.2, 0) is 4.79 Å². The molecule has 2 heteroatoms. The fourth-order valence-electron chi connectivity index (χ4n) is 4.01. The summed E-state index contributed by atoms with van der Waals surface area (Å²) in [6.07, 6.45) is 11.3. The molecule has 2 fully saturated rings. The number of hydrogen-bond donors (Lipinski definition) is 0. The quantitative estimate of drug-likeness (QED) is 0.742. The molecule has 1 heterocycles. The smallest absolute Gasteiger partial charge is 0.247 e. The zero-order valence-corrected chi connectivity index (χ0v) is 12.9. The van der Waals surface area contributed by atoms with Gasteiger partial charge in [0.05, 0.1) is 0 Å². The van der Waals surface area contributed by atoms with Gasteiger partial charge in [0.25, 0.3) is 0 Å². The molecule has 1 amide bonds. The second-order valence-electron chi connectivity index (χ2n) is 6.53. The maximum Gasteiger partial charge on any atom is 0.247 e. The summed E-state index contributed by atoms with van der Waals surface area (Å²) in [5, 5.41) is 0. The van der Waals surface area contributed by atoms with Gasteiger partial charge in [-0.15, -0.1) is 0 Å². The summed E-state index contributed by atoms with van der Waals surface area (Å²) in [4.78, 5) is 14.8. The minimum absolute atomic E-state index is 0.197. The van der Waals surface area contributed by atoms with E-state index in [2.05, 4.69) is 11.8 Å². The van der Waals surface area contributed by atoms with Crippen molar-refractivity contribution in [2.24, 2.45) is 5.92 Å². The Morgan fingerprint density at radius 1 is 1.10 bits per heavy atom. The van der Waals surface area contributed by atoms with Crippen LogP contribution in [0.15, 0.2) is 36.4 Å². The number of carbonyl (C=O) groups is 1. The van der Waals surface area contributed by atoms with E-state index in [1.54, 1.807) is 6.08 Å². The Labute approximate surface area is 127 Å². The highest BCUT2D eigenvalue weighted by atomic mass is 16.2. The van der Waals surface area contributed by atoms with Crippen LogP contribution in [0.2, 0.25) is 0 Å². The largest absolute Gasteiger partial charge is 0.333 e. The van der Waals surface area contributed by atoms with Gasteiger partial charge in [0, 0.05) is 18.2 Å². The van der Waals surface area contributed by atoms with E-state index in [1.807, 2.05) is 36.4 Å². The van der Waals surface area contributed by atoms with Gasteiger partial charge in [-0.05, 0) is 50.2 Å². The summed E-state index contributed by atoms with van der Waals surface area (Å²) in [7, 11) is 0. The Morgan fingerprint density at radius 2 is 1.86 bits per heavy atom. The van der Waals surface area contributed by atoms with E-state index in [4.69, 9.17) is 0 Å². The molecule has 0 bridgehead atoms. The SMILES string of the molecule is C[C@@H]1CC[C@H]2CCCC[C@@H]2N1C(=O)/C=C/c1ccccc1. The lowest BCUT2D eigenvalue weighted by atomic mass is 9.76. The van der Waals surface area contributed by atoms with Crippen LogP contribution in [0, 0.1) is 5.92 Å². The first kappa shape index (κ1) is 14.4. The van der Waals surface area contributed by atoms with Crippen LogP contribution in [0.5, 0.6) is 0 Å². The van der Waals surface area contributed by atoms with Crippen molar-refractivity contribution in [3.8, 4) is 0 Å². The third kappa shape index (κ3) is 3.20. The molecule has 1 aromatic carbocycles. The Balaban J connectivity index is 1.73. The molecule has 0 N–H and O–H groups in total. The first-order chi connectivity index (χ1) is 10.3. The van der Waals surface area contributed by atoms with Crippen molar-refractivity contribution in [1.29, 1.82) is 0 Å². The number of amides is 1. The molecule has 112 valence electrons. The van der Waals surface area contributed by atoms with Gasteiger partial charge in [0.1, 0.15) is 0 Å². The molecular weight excluding hydrogens is 258 g/mol. The van der Waals surface area contributed by atoms with Crippen molar-refractivity contribution in [3.05, 3.63) is 42.0 Å². The van der Waals surface area contributed by atoms with E-state index < -0.39 is 0 Å². The van der Waals surface area contributed by atoms with Gasteiger partial charge in [-0.3, -0.25) is 4.79 Å². The van der Waals surface area contributed by atoms with Crippen LogP contribution >= 0.6 is 0 Å². The molecule has 21 heavy (non-hydrogen) atoms. The van der Waals surface area contributed by atoms with E-state index in [0.29, 0.717) is 12.1 Å². The zero-order valence-electron chi connectivity index (χ0n) is 12.9. The zero-order chi connectivity index (χ0) is 14.7. The van der Waals surface area contributed by atoms with E-state index in [-0.39, 0.29) is 5.91 Å². The average molecular weight is 283 g/mol. The summed E-state index contributed by atoms with van der Waals surface area (Å²) in [5.41, 5.74) is 1.09. The molecule has 1 aliphatic heterocycles. The van der Waals surface area contributed by atoms with Crippen molar-refractivity contribution in [3.63, 3.8) is 0 Å². The van der Waals surface area contributed by atoms with Gasteiger partial charge < -0.3 is 4.90 Å². The fourth-order valence-corrected chi connectivity index (χ4v) is 4.01. The van der Waals surface area contributed by atoms with Crippen molar-refractivity contribution >= 4 is 12.0 Å². The Bertz CT molecular complexity index is 508. The second kappa shape index (κ2) is 6.46. The topological polar surface area (TPSA) is 20.3 Å². The number of benzene rings is 1. The monoisotopic (exact) mass is 283 g/mol. The van der Waals surface area contributed by atoms with Crippen LogP contribution in [0.4, 0.5) is 0 Å². The Kier molecular flexibility index (Phi) is 4.42. The lowest BCUT2D eigenvalue weighted by Gasteiger charge is -2.47. The highest BCUT2D eigenvalue weighted by molar-refractivity contribution is 5.92. The molecule has 0 radical (unpaired) electrons. The van der Waals surface area contributed by atoms with Gasteiger partial charge in [0.15, 0.2) is 0 Å². The molecule has 2 aliphatic rings. The summed E-state index contributed by atoms with van der Waals surface area (Å²) in [5.74, 6) is 0.937. The van der Waals surface area contributed by atoms with Gasteiger partial charge in [-0.1, -0.05) is 43.2 Å². The molecule has 0 unspecified atom stereocenters. The molecular formula is C19H25NO. The molecule has 1 saturated carbocycles. The minimum Gasteiger partial charge on any atom is -0.333 e. The van der Waals surface area contributed by atoms with Gasteiger partial charge in [-0.25, -0.2) is 0 Å². The third-order valence-corrected chi connectivity index (χ3v) is 5.13. The summed E-state index contributed by atoms with van der Waals surface area (Å²) in [6.45, 7) is 2.21. The summed E-state index contributed by atoms with van der Waals surface area (Å²) < 4.78 is 0. The van der Waals surface area contributed by atoms with Gasteiger partial charge >= 0.3 is 0 Å². The normalized spacial score (nSPS) is 29.4. The maximum atomic E-state index is 12.7. The van der Waals surface area contributed by atoms with Crippen molar-refractivity contribution < 1.29 is 4.79 Å². The highest BCUT2D eigenvalue weighted by Crippen LogP contribution is 2.37. The first-order valence-corrected chi connectivity index (χ1v) is 8.31. The molecule has 1 aliphatic carbocycles. The van der Waals surface area contributed by atoms with E-state index in [0.717, 1.165) is 17.9 Å². The van der Waals surface area contributed by atoms with Crippen molar-refractivity contribution in [2.45, 2.75) is 57.5 Å². The van der Waals surface area contributed by atoms with Crippen molar-refractivity contribution in [2.75, 3.05) is 0 Å². The predicted molar refractivity (Wildman–Crippen MR) is 86.8 cm³/mol. The molecule has 2 nitrogen and oxygen atoms in total. The average Bonchev–Trinajstić information content (AvgIpc) is 2.53. The standard InChI is InChI=1S/C19H25NO/c1-15-11-13-17-9-5-6-10-18(17)20(15)19(21)14-12-16-7-3-2-4-8-16/h2-4,7-8,12,14-15,17-18H,5-6,9-11,13H2,1H3/b14-12+/t15-,17-,18+/m1/s1. The molecule has 0 aromatic heterocycles. The third-order valence-electron chi connectivity index (χ3n) is 5.13. The van der Waals surface area contributed by atoms with Crippen LogP contribution < -0.4 is 0 Å². The van der Waals surface area contributed by atoms with Crippen LogP contribution in [-0.4, -0.2) is 22.9 Å². The molecule has 1 saturated heterocycles. The minimum atomic E-state index is 0.197. The second-order valence-corrected chi connectivity index (χ2v) is 6.53. The molecule has 1 aromatic rings. The van der Waals surface area contributed by atoms with Gasteiger partial charge in [0.2, 0.25) is 5.91 Å². The molecule has 3 atom stereocenters. The lowest BCUT2D eigenvalue weighted by molar-refractivity contribution is -0.135. The lowest BCUT2D eigenvalue weighted by Crippen LogP contribution is -2.53. The van der Waals surface area contributed by atoms with Crippen LogP contribution in [0.3, 0.4) is 0 Å². The first-order valence-electron chi connectivity index (χ1n) is 8.31. The molecule has 0 spiro atoms. The number of nitrogens with zero attached hydrogens (tertiary/aromatic N) is 1. The molecule has 3 rings (SSSR count). The maximum absolute atomic E-state index is 12.7. The number of fused-ring (bicyclic) bond motifs is 1. The fraction of sp³-hybridized carbons (Fsp3) is 0.526. The predicted octanol–water partition coefficient (Wildman–Crippen LogP) is 4.27. The summed E-state index contributed by atoms with van der Waals surface area (Å²) >= 11 is 0. The van der Waals surface area contributed by atoms with Crippen molar-refractivity contribution in [1.82, 2.24) is 4.90 Å². The van der Waals surface area contributed by atoms with E-state index >= 15 is 0 Å². The number of likely N-dealkylation sites (tertiary alicyclic amines) is 1. The van der Waals surface area contributed by atoms with E-state index in [9.17, 15) is 4.79 Å². The highest BCUT2D eigenvalue weighted by Gasteiger charge is 2.38. The number of piperidine rings is 1. The summed E-state index contributed by atoms with van der Waals surface area (Å²) in [6, 6.07) is 10.9. The number of rotatable bonds is 2. The van der Waals surface area contributed by atoms with Crippen LogP contribution in [0.1, 0.15) is 51.0 Å². The van der Waals surface area contributed by atoms with Crippen LogP contribution in [0.25, 0.3) is 6.08 Å². The van der Waals surface area contributed by atoms with E-state index in [1.165, 1.54) is 32.1 Å².